The molecule has 1 aromatic heterocycles. The van der Waals surface area contributed by atoms with Crippen molar-refractivity contribution in [3.8, 4) is 0 Å². The fourth-order valence-corrected chi connectivity index (χ4v) is 5.54. The van der Waals surface area contributed by atoms with E-state index in [-0.39, 0.29) is 16.8 Å². The molecule has 8 heteroatoms. The van der Waals surface area contributed by atoms with Crippen LogP contribution < -0.4 is 10.0 Å². The van der Waals surface area contributed by atoms with Gasteiger partial charge >= 0.3 is 0 Å². The van der Waals surface area contributed by atoms with Crippen molar-refractivity contribution >= 4 is 33.0 Å². The van der Waals surface area contributed by atoms with Crippen molar-refractivity contribution in [2.45, 2.75) is 24.8 Å². The van der Waals surface area contributed by atoms with Gasteiger partial charge in [0.25, 0.3) is 15.9 Å². The van der Waals surface area contributed by atoms with Crippen molar-refractivity contribution in [1.82, 2.24) is 10.2 Å². The molecule has 0 bridgehead atoms. The number of hydrogen-bond acceptors (Lipinski definition) is 5. The van der Waals surface area contributed by atoms with Crippen LogP contribution in [-0.2, 0) is 10.0 Å². The number of thiophene rings is 1. The molecule has 3 rings (SSSR count). The van der Waals surface area contributed by atoms with Gasteiger partial charge in [0.1, 0.15) is 0 Å². The van der Waals surface area contributed by atoms with Crippen LogP contribution in [0.1, 0.15) is 32.4 Å². The molecule has 164 valence electrons. The first-order chi connectivity index (χ1) is 14.7. The maximum atomic E-state index is 12.9. The van der Waals surface area contributed by atoms with E-state index in [0.29, 0.717) is 23.4 Å². The molecule has 0 fully saturated rings. The number of carbonyl (C=O) groups is 1. The van der Waals surface area contributed by atoms with Crippen molar-refractivity contribution in [2.24, 2.45) is 0 Å². The Bertz CT molecular complexity index is 1160. The highest BCUT2D eigenvalue weighted by Crippen LogP contribution is 2.23. The lowest BCUT2D eigenvalue weighted by Gasteiger charge is -2.23. The first kappa shape index (κ1) is 23.0. The summed E-state index contributed by atoms with van der Waals surface area (Å²) in [4.78, 5) is 16.2. The molecule has 0 aliphatic heterocycles. The molecule has 0 saturated carbocycles. The minimum absolute atomic E-state index is 0.0648. The Kier molecular flexibility index (Phi) is 7.15. The number of amides is 1. The molecule has 3 aromatic rings. The van der Waals surface area contributed by atoms with Crippen molar-refractivity contribution in [3.63, 3.8) is 0 Å². The molecular weight excluding hydrogens is 430 g/mol. The van der Waals surface area contributed by atoms with E-state index >= 15 is 0 Å². The van der Waals surface area contributed by atoms with Gasteiger partial charge < -0.3 is 10.2 Å². The molecule has 0 radical (unpaired) electrons. The first-order valence-corrected chi connectivity index (χ1v) is 12.2. The zero-order valence-corrected chi connectivity index (χ0v) is 19.7. The number of sulfonamides is 1. The Morgan fingerprint density at radius 2 is 1.84 bits per heavy atom. The second-order valence-corrected chi connectivity index (χ2v) is 10.3. The molecule has 1 amide bonds. The molecule has 1 unspecified atom stereocenters. The lowest BCUT2D eigenvalue weighted by Crippen LogP contribution is -2.34. The van der Waals surface area contributed by atoms with Gasteiger partial charge in [0.2, 0.25) is 0 Å². The van der Waals surface area contributed by atoms with Gasteiger partial charge in [-0.1, -0.05) is 24.3 Å². The van der Waals surface area contributed by atoms with Crippen LogP contribution in [0.5, 0.6) is 0 Å². The smallest absolute Gasteiger partial charge is 0.262 e. The Balaban J connectivity index is 1.73. The van der Waals surface area contributed by atoms with Gasteiger partial charge in [-0.25, -0.2) is 8.42 Å². The molecule has 31 heavy (non-hydrogen) atoms. The normalized spacial score (nSPS) is 12.5. The van der Waals surface area contributed by atoms with E-state index in [1.165, 1.54) is 4.88 Å². The monoisotopic (exact) mass is 457 g/mol. The van der Waals surface area contributed by atoms with Gasteiger partial charge in [0, 0.05) is 22.7 Å². The van der Waals surface area contributed by atoms with Crippen molar-refractivity contribution in [1.29, 1.82) is 0 Å². The van der Waals surface area contributed by atoms with Crippen LogP contribution in [0, 0.1) is 13.8 Å². The van der Waals surface area contributed by atoms with Crippen LogP contribution in [0.4, 0.5) is 5.69 Å². The van der Waals surface area contributed by atoms with E-state index in [0.717, 1.165) is 5.56 Å². The number of anilines is 1. The van der Waals surface area contributed by atoms with Crippen LogP contribution in [0.25, 0.3) is 0 Å². The van der Waals surface area contributed by atoms with Crippen LogP contribution in [0.2, 0.25) is 0 Å². The SMILES string of the molecule is Cc1ccc(C)c(S(=O)(=O)Nc2cccc(C(=O)NCC(c3cccs3)N(C)C)c2)c1. The van der Waals surface area contributed by atoms with E-state index in [4.69, 9.17) is 0 Å². The third-order valence-corrected chi connectivity index (χ3v) is 7.46. The average molecular weight is 458 g/mol. The number of rotatable bonds is 8. The molecular formula is C23H27N3O3S2. The molecule has 0 aliphatic rings. The minimum Gasteiger partial charge on any atom is -0.350 e. The molecule has 6 nitrogen and oxygen atoms in total. The van der Waals surface area contributed by atoms with Crippen molar-refractivity contribution in [3.05, 3.63) is 81.5 Å². The van der Waals surface area contributed by atoms with Gasteiger partial charge in [-0.05, 0) is 74.8 Å². The summed E-state index contributed by atoms with van der Waals surface area (Å²) >= 11 is 1.65. The highest BCUT2D eigenvalue weighted by Gasteiger charge is 2.19. The number of benzene rings is 2. The molecule has 0 aliphatic carbocycles. The summed E-state index contributed by atoms with van der Waals surface area (Å²) in [5.41, 5.74) is 2.26. The maximum Gasteiger partial charge on any atom is 0.262 e. The Labute approximate surface area is 188 Å². The highest BCUT2D eigenvalue weighted by atomic mass is 32.2. The predicted molar refractivity (Wildman–Crippen MR) is 126 cm³/mol. The number of hydrogen-bond donors (Lipinski definition) is 2. The second-order valence-electron chi connectivity index (χ2n) is 7.66. The highest BCUT2D eigenvalue weighted by molar-refractivity contribution is 7.92. The third kappa shape index (κ3) is 5.72. The van der Waals surface area contributed by atoms with Crippen LogP contribution in [0.3, 0.4) is 0 Å². The predicted octanol–water partition coefficient (Wildman–Crippen LogP) is 4.20. The molecule has 0 spiro atoms. The molecule has 2 N–H and O–H groups in total. The summed E-state index contributed by atoms with van der Waals surface area (Å²) in [7, 11) is 0.180. The zero-order chi connectivity index (χ0) is 22.6. The van der Waals surface area contributed by atoms with Gasteiger partial charge in [-0.2, -0.15) is 0 Å². The number of likely N-dealkylation sites (N-methyl/N-ethyl adjacent to an activating group) is 1. The van der Waals surface area contributed by atoms with Crippen LogP contribution in [-0.4, -0.2) is 39.9 Å². The Morgan fingerprint density at radius 3 is 2.52 bits per heavy atom. The van der Waals surface area contributed by atoms with Crippen molar-refractivity contribution < 1.29 is 13.2 Å². The summed E-state index contributed by atoms with van der Waals surface area (Å²) < 4.78 is 28.3. The zero-order valence-electron chi connectivity index (χ0n) is 18.0. The van der Waals surface area contributed by atoms with E-state index in [1.807, 2.05) is 44.6 Å². The summed E-state index contributed by atoms with van der Waals surface area (Å²) in [6.07, 6.45) is 0. The molecule has 1 atom stereocenters. The van der Waals surface area contributed by atoms with E-state index in [1.54, 1.807) is 54.7 Å². The summed E-state index contributed by atoms with van der Waals surface area (Å²) in [5.74, 6) is -0.254. The first-order valence-electron chi connectivity index (χ1n) is 9.85. The third-order valence-electron chi connectivity index (χ3n) is 4.96. The van der Waals surface area contributed by atoms with E-state index in [9.17, 15) is 13.2 Å². The van der Waals surface area contributed by atoms with E-state index in [2.05, 4.69) is 14.9 Å². The van der Waals surface area contributed by atoms with Gasteiger partial charge in [0.05, 0.1) is 10.9 Å². The van der Waals surface area contributed by atoms with Gasteiger partial charge in [-0.15, -0.1) is 11.3 Å². The Morgan fingerprint density at radius 1 is 1.06 bits per heavy atom. The number of carbonyl (C=O) groups excluding carboxylic acids is 1. The van der Waals surface area contributed by atoms with Gasteiger partial charge in [-0.3, -0.25) is 9.52 Å². The molecule has 2 aromatic carbocycles. The number of aryl methyl sites for hydroxylation is 2. The Hall–Kier alpha value is -2.68. The lowest BCUT2D eigenvalue weighted by molar-refractivity contribution is 0.0942. The fraction of sp³-hybridized carbons (Fsp3) is 0.261. The maximum absolute atomic E-state index is 12.9. The quantitative estimate of drug-likeness (QED) is 0.531. The van der Waals surface area contributed by atoms with Gasteiger partial charge in [0.15, 0.2) is 0 Å². The average Bonchev–Trinajstić information content (AvgIpc) is 3.23. The lowest BCUT2D eigenvalue weighted by atomic mass is 10.1. The second kappa shape index (κ2) is 9.64. The summed E-state index contributed by atoms with van der Waals surface area (Å²) in [6, 6.07) is 15.9. The summed E-state index contributed by atoms with van der Waals surface area (Å²) in [5, 5.41) is 4.97. The standard InChI is InChI=1S/C23H27N3O3S2/c1-16-10-11-17(2)22(13-16)31(28,29)25-19-8-5-7-18(14-19)23(27)24-15-20(26(3)4)21-9-6-12-30-21/h5-14,20,25H,15H2,1-4H3,(H,24,27). The van der Waals surface area contributed by atoms with Crippen LogP contribution >= 0.6 is 11.3 Å². The topological polar surface area (TPSA) is 78.5 Å². The van der Waals surface area contributed by atoms with Crippen molar-refractivity contribution in [2.75, 3.05) is 25.4 Å². The largest absolute Gasteiger partial charge is 0.350 e. The van der Waals surface area contributed by atoms with E-state index < -0.39 is 10.0 Å². The summed E-state index contributed by atoms with van der Waals surface area (Å²) in [6.45, 7) is 4.05. The number of nitrogens with zero attached hydrogens (tertiary/aromatic N) is 1. The molecule has 0 saturated heterocycles. The minimum atomic E-state index is -3.76. The molecule has 1 heterocycles. The number of nitrogens with one attached hydrogen (secondary N) is 2. The fourth-order valence-electron chi connectivity index (χ4n) is 3.24. The van der Waals surface area contributed by atoms with Crippen LogP contribution in [0.15, 0.2) is 64.9 Å².